The number of rotatable bonds is 57. The molecule has 6 nitrogen and oxygen atoms in total. The summed E-state index contributed by atoms with van der Waals surface area (Å²) in [6.07, 6.45) is 105. The summed E-state index contributed by atoms with van der Waals surface area (Å²) in [6, 6.07) is 0. The van der Waals surface area contributed by atoms with E-state index in [1.165, 1.54) is 57.8 Å². The average Bonchev–Trinajstić information content (AvgIpc) is 3.49. The van der Waals surface area contributed by atoms with Crippen LogP contribution in [0.2, 0.25) is 0 Å². The molecule has 0 bridgehead atoms. The number of ether oxygens (including phenoxy) is 3. The highest BCUT2D eigenvalue weighted by Crippen LogP contribution is 2.14. The molecule has 0 spiro atoms. The summed E-state index contributed by atoms with van der Waals surface area (Å²) in [5, 5.41) is 0. The number of carbonyl (C=O) groups excluding carboxylic acids is 3. The fourth-order valence-corrected chi connectivity index (χ4v) is 8.29. The maximum Gasteiger partial charge on any atom is 0.306 e. The van der Waals surface area contributed by atoms with Crippen molar-refractivity contribution < 1.29 is 28.6 Å². The number of hydrogen-bond acceptors (Lipinski definition) is 6. The van der Waals surface area contributed by atoms with Gasteiger partial charge < -0.3 is 14.2 Å². The predicted octanol–water partition coefficient (Wildman–Crippen LogP) is 23.0. The molecule has 0 aromatic rings. The molecule has 0 saturated heterocycles. The molecule has 0 aliphatic heterocycles. The lowest BCUT2D eigenvalue weighted by atomic mass is 10.0. The van der Waals surface area contributed by atoms with Gasteiger partial charge in [-0.25, -0.2) is 0 Å². The van der Waals surface area contributed by atoms with E-state index in [9.17, 15) is 14.4 Å². The van der Waals surface area contributed by atoms with E-state index in [0.717, 1.165) is 141 Å². The summed E-state index contributed by atoms with van der Waals surface area (Å²) in [7, 11) is 0. The number of unbranched alkanes of at least 4 members (excludes halogenated alkanes) is 14. The van der Waals surface area contributed by atoms with Crippen LogP contribution in [0.1, 0.15) is 252 Å². The number of carbonyl (C=O) groups is 3. The van der Waals surface area contributed by atoms with Gasteiger partial charge in [0.15, 0.2) is 6.10 Å². The Balaban J connectivity index is 4.37. The van der Waals surface area contributed by atoms with Crippen molar-refractivity contribution in [2.75, 3.05) is 13.2 Å². The topological polar surface area (TPSA) is 78.9 Å². The quantitative estimate of drug-likeness (QED) is 0.0261. The minimum atomic E-state index is -0.837. The van der Waals surface area contributed by atoms with Crippen LogP contribution in [0, 0.1) is 0 Å². The number of hydrogen-bond donors (Lipinski definition) is 0. The molecular formula is C77H118O6. The van der Waals surface area contributed by atoms with Gasteiger partial charge in [0.05, 0.1) is 0 Å². The summed E-state index contributed by atoms with van der Waals surface area (Å²) in [5.41, 5.74) is 0. The van der Waals surface area contributed by atoms with Crippen molar-refractivity contribution in [1.82, 2.24) is 0 Å². The van der Waals surface area contributed by atoms with Crippen LogP contribution in [0.3, 0.4) is 0 Å². The van der Waals surface area contributed by atoms with Gasteiger partial charge in [0.2, 0.25) is 0 Å². The molecule has 0 aliphatic rings. The molecule has 0 rings (SSSR count). The highest BCUT2D eigenvalue weighted by Gasteiger charge is 2.19. The zero-order valence-electron chi connectivity index (χ0n) is 52.9. The van der Waals surface area contributed by atoms with Crippen LogP contribution in [0.25, 0.3) is 0 Å². The summed E-state index contributed by atoms with van der Waals surface area (Å²) in [6.45, 7) is 6.19. The zero-order valence-corrected chi connectivity index (χ0v) is 52.9. The van der Waals surface area contributed by atoms with Crippen molar-refractivity contribution >= 4 is 17.9 Å². The van der Waals surface area contributed by atoms with Crippen LogP contribution in [0.4, 0.5) is 0 Å². The SMILES string of the molecule is CC/C=C\C/C=C\C/C=C\C/C=C\C/C=C\C/C=C\C/C=C\CCCCCCCCCCCCCC(=O)OCC(COC(=O)CC/C=C\C/C=C\C/C=C\C/C=C\CC)OC(=O)CCCCC/C=C\C/C=C\C/C=C\C/C=C\C/C=C\CC. The second kappa shape index (κ2) is 68.7. The van der Waals surface area contributed by atoms with E-state index in [1.54, 1.807) is 0 Å². The van der Waals surface area contributed by atoms with E-state index >= 15 is 0 Å². The lowest BCUT2D eigenvalue weighted by molar-refractivity contribution is -0.166. The molecule has 1 unspecified atom stereocenters. The van der Waals surface area contributed by atoms with Crippen LogP contribution in [-0.4, -0.2) is 37.2 Å². The molecule has 83 heavy (non-hydrogen) atoms. The maximum atomic E-state index is 12.9. The van der Waals surface area contributed by atoms with Gasteiger partial charge in [-0.2, -0.15) is 0 Å². The second-order valence-corrected chi connectivity index (χ2v) is 20.9. The first-order valence-electron chi connectivity index (χ1n) is 32.9. The van der Waals surface area contributed by atoms with Crippen molar-refractivity contribution in [1.29, 1.82) is 0 Å². The van der Waals surface area contributed by atoms with Gasteiger partial charge in [0.1, 0.15) is 13.2 Å². The van der Waals surface area contributed by atoms with Crippen molar-refractivity contribution in [3.05, 3.63) is 194 Å². The maximum absolute atomic E-state index is 12.9. The fraction of sp³-hybridized carbons (Fsp3) is 0.545. The first-order valence-corrected chi connectivity index (χ1v) is 32.9. The number of allylic oxidation sites excluding steroid dienone is 32. The van der Waals surface area contributed by atoms with Crippen LogP contribution in [-0.2, 0) is 28.6 Å². The van der Waals surface area contributed by atoms with Gasteiger partial charge in [0.25, 0.3) is 0 Å². The van der Waals surface area contributed by atoms with Gasteiger partial charge in [-0.15, -0.1) is 0 Å². The molecule has 1 atom stereocenters. The molecule has 462 valence electrons. The lowest BCUT2D eigenvalue weighted by Gasteiger charge is -2.18. The second-order valence-electron chi connectivity index (χ2n) is 20.9. The third kappa shape index (κ3) is 66.9. The van der Waals surface area contributed by atoms with Crippen LogP contribution < -0.4 is 0 Å². The Morgan fingerprint density at radius 1 is 0.241 bits per heavy atom. The van der Waals surface area contributed by atoms with E-state index in [4.69, 9.17) is 14.2 Å². The van der Waals surface area contributed by atoms with Crippen LogP contribution in [0.5, 0.6) is 0 Å². The van der Waals surface area contributed by atoms with Crippen LogP contribution in [0.15, 0.2) is 194 Å². The molecule has 0 aromatic carbocycles. The lowest BCUT2D eigenvalue weighted by Crippen LogP contribution is -2.30. The predicted molar refractivity (Wildman–Crippen MR) is 361 cm³/mol. The Bertz CT molecular complexity index is 1990. The first-order chi connectivity index (χ1) is 41.0. The fourth-order valence-electron chi connectivity index (χ4n) is 8.29. The average molecular weight is 1140 g/mol. The number of esters is 3. The summed E-state index contributed by atoms with van der Waals surface area (Å²) < 4.78 is 16.8. The Morgan fingerprint density at radius 3 is 0.759 bits per heavy atom. The standard InChI is InChI=1S/C77H118O6/c1-4-7-10-13-16-19-22-25-27-29-31-32-33-34-35-36-37-38-39-40-41-42-43-44-46-47-49-52-55-58-61-64-67-70-76(79)82-73-74(72-81-75(78)69-66-63-60-57-54-51-24-21-18-15-12-9-6-3)83-77(80)71-68-65-62-59-56-53-50-48-45-30-28-26-23-20-17-14-11-8-5-2/h7-12,16-21,25-28,31-32,34-35,37-38,40-41,45,48,51,53-54,56,60,63,74H,4-6,13-15,22-24,29-30,33,36,39,42-44,46-47,49-50,52,55,57-59,61-62,64-73H2,1-3H3/b10-7-,11-8-,12-9-,19-16-,20-17-,21-18-,27-25-,28-26-,32-31-,35-34-,38-37-,41-40-,48-45-,54-51-,56-53-,63-60-. The summed E-state index contributed by atoms with van der Waals surface area (Å²) >= 11 is 0. The van der Waals surface area contributed by atoms with Crippen molar-refractivity contribution in [2.24, 2.45) is 0 Å². The van der Waals surface area contributed by atoms with Gasteiger partial charge >= 0.3 is 17.9 Å². The van der Waals surface area contributed by atoms with Crippen LogP contribution >= 0.6 is 0 Å². The normalized spacial score (nSPS) is 13.4. The molecule has 0 aliphatic carbocycles. The Hall–Kier alpha value is -5.75. The van der Waals surface area contributed by atoms with E-state index < -0.39 is 6.10 Å². The molecule has 0 fully saturated rings. The molecule has 0 N–H and O–H groups in total. The van der Waals surface area contributed by atoms with E-state index in [2.05, 4.69) is 203 Å². The zero-order chi connectivity index (χ0) is 59.9. The molecule has 0 radical (unpaired) electrons. The highest BCUT2D eigenvalue weighted by molar-refractivity contribution is 5.71. The first kappa shape index (κ1) is 77.2. The minimum Gasteiger partial charge on any atom is -0.462 e. The third-order valence-corrected chi connectivity index (χ3v) is 13.1. The molecular weight excluding hydrogens is 1020 g/mol. The Labute approximate surface area is 509 Å². The van der Waals surface area contributed by atoms with Crippen molar-refractivity contribution in [3.63, 3.8) is 0 Å². The van der Waals surface area contributed by atoms with E-state index in [1.807, 2.05) is 12.2 Å². The van der Waals surface area contributed by atoms with Gasteiger partial charge in [0, 0.05) is 19.3 Å². The third-order valence-electron chi connectivity index (χ3n) is 13.1. The molecule has 0 heterocycles. The van der Waals surface area contributed by atoms with Crippen molar-refractivity contribution in [2.45, 2.75) is 258 Å². The highest BCUT2D eigenvalue weighted by atomic mass is 16.6. The molecule has 6 heteroatoms. The van der Waals surface area contributed by atoms with E-state index in [0.29, 0.717) is 19.3 Å². The van der Waals surface area contributed by atoms with Gasteiger partial charge in [-0.1, -0.05) is 279 Å². The smallest absolute Gasteiger partial charge is 0.306 e. The molecule has 0 amide bonds. The summed E-state index contributed by atoms with van der Waals surface area (Å²) in [4.78, 5) is 38.3. The van der Waals surface area contributed by atoms with E-state index in [-0.39, 0.29) is 44.0 Å². The Morgan fingerprint density at radius 2 is 0.458 bits per heavy atom. The summed E-state index contributed by atoms with van der Waals surface area (Å²) in [5.74, 6) is -1.05. The Kier molecular flexibility index (Phi) is 64.0. The largest absolute Gasteiger partial charge is 0.462 e. The molecule has 0 aromatic heterocycles. The minimum absolute atomic E-state index is 0.124. The monoisotopic (exact) mass is 1140 g/mol. The molecule has 0 saturated carbocycles. The van der Waals surface area contributed by atoms with Gasteiger partial charge in [-0.05, 0) is 148 Å². The van der Waals surface area contributed by atoms with Crippen molar-refractivity contribution in [3.8, 4) is 0 Å². The van der Waals surface area contributed by atoms with Gasteiger partial charge in [-0.3, -0.25) is 14.4 Å².